The number of rotatable bonds is 8. The highest BCUT2D eigenvalue weighted by atomic mass is 16.2. The largest absolute Gasteiger partial charge is 0.338 e. The molecule has 0 fully saturated rings. The second kappa shape index (κ2) is 9.39. The Morgan fingerprint density at radius 2 is 1.95 bits per heavy atom. The number of benzene rings is 1. The van der Waals surface area contributed by atoms with Crippen molar-refractivity contribution >= 4 is 6.03 Å². The molecule has 0 saturated carbocycles. The molecule has 19 heavy (non-hydrogen) atoms. The summed E-state index contributed by atoms with van der Waals surface area (Å²) in [5.74, 6) is 0.484. The Bertz CT molecular complexity index is 348. The van der Waals surface area contributed by atoms with E-state index in [1.807, 2.05) is 30.3 Å². The number of urea groups is 1. The summed E-state index contributed by atoms with van der Waals surface area (Å²) in [6.45, 7) is 4.09. The van der Waals surface area contributed by atoms with Gasteiger partial charge in [-0.25, -0.2) is 4.79 Å². The van der Waals surface area contributed by atoms with Crippen molar-refractivity contribution < 1.29 is 4.79 Å². The first-order chi connectivity index (χ1) is 9.26. The Hall–Kier alpha value is -1.55. The molecule has 1 unspecified atom stereocenters. The van der Waals surface area contributed by atoms with Crippen LogP contribution in [-0.2, 0) is 6.54 Å². The van der Waals surface area contributed by atoms with Gasteiger partial charge >= 0.3 is 6.03 Å². The third-order valence-electron chi connectivity index (χ3n) is 3.12. The Labute approximate surface area is 115 Å². The molecular weight excluding hydrogens is 238 g/mol. The van der Waals surface area contributed by atoms with E-state index >= 15 is 0 Å². The first kappa shape index (κ1) is 15.5. The van der Waals surface area contributed by atoms with Gasteiger partial charge in [0.2, 0.25) is 0 Å². The maximum Gasteiger partial charge on any atom is 0.315 e. The van der Waals surface area contributed by atoms with E-state index in [-0.39, 0.29) is 6.03 Å². The van der Waals surface area contributed by atoms with Gasteiger partial charge in [0, 0.05) is 13.1 Å². The molecule has 1 aromatic rings. The Morgan fingerprint density at radius 1 is 1.21 bits per heavy atom. The van der Waals surface area contributed by atoms with Crippen LogP contribution in [0.1, 0.15) is 31.7 Å². The van der Waals surface area contributed by atoms with Gasteiger partial charge in [-0.1, -0.05) is 43.7 Å². The minimum atomic E-state index is -0.109. The van der Waals surface area contributed by atoms with E-state index in [2.05, 4.69) is 17.6 Å². The van der Waals surface area contributed by atoms with Crippen LogP contribution in [0.3, 0.4) is 0 Å². The van der Waals surface area contributed by atoms with Crippen molar-refractivity contribution in [3.8, 4) is 0 Å². The van der Waals surface area contributed by atoms with E-state index in [0.717, 1.165) is 24.8 Å². The fourth-order valence-electron chi connectivity index (χ4n) is 2.07. The standard InChI is InChI=1S/C15H25N3O/c1-2-6-13(9-10-16)11-17-15(19)18-12-14-7-4-3-5-8-14/h3-5,7-8,13H,2,6,9-12,16H2,1H3,(H2,17,18,19). The van der Waals surface area contributed by atoms with Gasteiger partial charge < -0.3 is 16.4 Å². The van der Waals surface area contributed by atoms with Crippen LogP contribution in [0.4, 0.5) is 4.79 Å². The van der Waals surface area contributed by atoms with Gasteiger partial charge in [0.1, 0.15) is 0 Å². The molecule has 0 bridgehead atoms. The fourth-order valence-corrected chi connectivity index (χ4v) is 2.07. The topological polar surface area (TPSA) is 67.1 Å². The van der Waals surface area contributed by atoms with Gasteiger partial charge in [0.15, 0.2) is 0 Å². The molecule has 1 aromatic carbocycles. The Morgan fingerprint density at radius 3 is 2.58 bits per heavy atom. The monoisotopic (exact) mass is 263 g/mol. The number of hydrogen-bond acceptors (Lipinski definition) is 2. The van der Waals surface area contributed by atoms with E-state index in [4.69, 9.17) is 5.73 Å². The van der Waals surface area contributed by atoms with Crippen molar-refractivity contribution in [3.05, 3.63) is 35.9 Å². The van der Waals surface area contributed by atoms with Gasteiger partial charge in [0.25, 0.3) is 0 Å². The molecule has 0 aliphatic heterocycles. The van der Waals surface area contributed by atoms with E-state index in [1.54, 1.807) is 0 Å². The first-order valence-electron chi connectivity index (χ1n) is 7.02. The molecule has 0 aliphatic rings. The highest BCUT2D eigenvalue weighted by molar-refractivity contribution is 5.73. The number of carbonyl (C=O) groups excluding carboxylic acids is 1. The van der Waals surface area contributed by atoms with Crippen molar-refractivity contribution in [2.45, 2.75) is 32.7 Å². The van der Waals surface area contributed by atoms with E-state index in [0.29, 0.717) is 25.6 Å². The molecule has 1 rings (SSSR count). The zero-order valence-electron chi connectivity index (χ0n) is 11.7. The molecule has 0 heterocycles. The molecule has 0 aromatic heterocycles. The number of carbonyl (C=O) groups is 1. The summed E-state index contributed by atoms with van der Waals surface area (Å²) in [6.07, 6.45) is 3.20. The van der Waals surface area contributed by atoms with Crippen LogP contribution in [0.2, 0.25) is 0 Å². The second-order valence-corrected chi connectivity index (χ2v) is 4.78. The van der Waals surface area contributed by atoms with Crippen molar-refractivity contribution in [2.24, 2.45) is 11.7 Å². The molecule has 0 aliphatic carbocycles. The lowest BCUT2D eigenvalue weighted by Gasteiger charge is -2.16. The molecule has 4 N–H and O–H groups in total. The predicted molar refractivity (Wildman–Crippen MR) is 78.7 cm³/mol. The van der Waals surface area contributed by atoms with Crippen LogP contribution >= 0.6 is 0 Å². The zero-order valence-corrected chi connectivity index (χ0v) is 11.7. The molecular formula is C15H25N3O. The van der Waals surface area contributed by atoms with Gasteiger partial charge in [-0.15, -0.1) is 0 Å². The minimum absolute atomic E-state index is 0.109. The molecule has 0 saturated heterocycles. The first-order valence-corrected chi connectivity index (χ1v) is 7.02. The summed E-state index contributed by atoms with van der Waals surface area (Å²) in [5.41, 5.74) is 6.67. The van der Waals surface area contributed by atoms with E-state index in [1.165, 1.54) is 0 Å². The lowest BCUT2D eigenvalue weighted by atomic mass is 10.00. The maximum absolute atomic E-state index is 11.7. The van der Waals surface area contributed by atoms with E-state index in [9.17, 15) is 4.79 Å². The SMILES string of the molecule is CCCC(CCN)CNC(=O)NCc1ccccc1. The quantitative estimate of drug-likeness (QED) is 0.673. The van der Waals surface area contributed by atoms with Crippen LogP contribution in [0.15, 0.2) is 30.3 Å². The molecule has 1 atom stereocenters. The van der Waals surface area contributed by atoms with Crippen molar-refractivity contribution in [1.29, 1.82) is 0 Å². The average Bonchev–Trinajstić information content (AvgIpc) is 2.44. The van der Waals surface area contributed by atoms with Crippen LogP contribution < -0.4 is 16.4 Å². The third kappa shape index (κ3) is 6.82. The minimum Gasteiger partial charge on any atom is -0.338 e. The third-order valence-corrected chi connectivity index (χ3v) is 3.12. The van der Waals surface area contributed by atoms with Crippen molar-refractivity contribution in [2.75, 3.05) is 13.1 Å². The fraction of sp³-hybridized carbons (Fsp3) is 0.533. The average molecular weight is 263 g/mol. The Kier molecular flexibility index (Phi) is 7.66. The predicted octanol–water partition coefficient (Wildman–Crippen LogP) is 2.25. The maximum atomic E-state index is 11.7. The summed E-state index contributed by atoms with van der Waals surface area (Å²) < 4.78 is 0. The second-order valence-electron chi connectivity index (χ2n) is 4.78. The number of nitrogens with two attached hydrogens (primary N) is 1. The molecule has 106 valence electrons. The molecule has 2 amide bonds. The number of amides is 2. The summed E-state index contributed by atoms with van der Waals surface area (Å²) in [4.78, 5) is 11.7. The molecule has 0 spiro atoms. The molecule has 4 nitrogen and oxygen atoms in total. The molecule has 0 radical (unpaired) electrons. The molecule has 4 heteroatoms. The van der Waals surface area contributed by atoms with E-state index < -0.39 is 0 Å². The summed E-state index contributed by atoms with van der Waals surface area (Å²) in [6, 6.07) is 9.78. The van der Waals surface area contributed by atoms with Crippen molar-refractivity contribution in [1.82, 2.24) is 10.6 Å². The van der Waals surface area contributed by atoms with Crippen LogP contribution in [0.5, 0.6) is 0 Å². The smallest absolute Gasteiger partial charge is 0.315 e. The summed E-state index contributed by atoms with van der Waals surface area (Å²) in [5, 5.41) is 5.77. The van der Waals surface area contributed by atoms with Gasteiger partial charge in [0.05, 0.1) is 0 Å². The van der Waals surface area contributed by atoms with Crippen molar-refractivity contribution in [3.63, 3.8) is 0 Å². The van der Waals surface area contributed by atoms with Gasteiger partial charge in [-0.2, -0.15) is 0 Å². The van der Waals surface area contributed by atoms with Gasteiger partial charge in [-0.05, 0) is 30.9 Å². The lowest BCUT2D eigenvalue weighted by Crippen LogP contribution is -2.38. The van der Waals surface area contributed by atoms with Crippen LogP contribution in [0, 0.1) is 5.92 Å². The normalized spacial score (nSPS) is 11.9. The highest BCUT2D eigenvalue weighted by Gasteiger charge is 2.08. The zero-order chi connectivity index (χ0) is 13.9. The van der Waals surface area contributed by atoms with Crippen LogP contribution in [0.25, 0.3) is 0 Å². The highest BCUT2D eigenvalue weighted by Crippen LogP contribution is 2.08. The lowest BCUT2D eigenvalue weighted by molar-refractivity contribution is 0.237. The number of hydrogen-bond donors (Lipinski definition) is 3. The van der Waals surface area contributed by atoms with Gasteiger partial charge in [-0.3, -0.25) is 0 Å². The number of nitrogens with one attached hydrogen (secondary N) is 2. The van der Waals surface area contributed by atoms with Crippen LogP contribution in [-0.4, -0.2) is 19.1 Å². The summed E-state index contributed by atoms with van der Waals surface area (Å²) >= 11 is 0. The summed E-state index contributed by atoms with van der Waals surface area (Å²) in [7, 11) is 0. The Balaban J connectivity index is 2.23.